The molecule has 0 saturated heterocycles. The zero-order valence-corrected chi connectivity index (χ0v) is 14.2. The topological polar surface area (TPSA) is 34.9 Å². The Bertz CT molecular complexity index is 1070. The van der Waals surface area contributed by atoms with Gasteiger partial charge in [0.2, 0.25) is 0 Å². The van der Waals surface area contributed by atoms with Gasteiger partial charge in [-0.3, -0.25) is 9.36 Å². The van der Waals surface area contributed by atoms with Gasteiger partial charge in [-0.1, -0.05) is 60.7 Å². The normalized spacial score (nSPS) is 11.1. The summed E-state index contributed by atoms with van der Waals surface area (Å²) >= 11 is 1.48. The molecule has 0 fully saturated rings. The zero-order valence-electron chi connectivity index (χ0n) is 13.4. The summed E-state index contributed by atoms with van der Waals surface area (Å²) in [4.78, 5) is 19.3. The van der Waals surface area contributed by atoms with Crippen molar-refractivity contribution in [3.05, 3.63) is 77.1 Å². The molecule has 3 nitrogen and oxygen atoms in total. The van der Waals surface area contributed by atoms with E-state index in [1.807, 2.05) is 66.7 Å². The molecule has 2 aromatic carbocycles. The first kappa shape index (κ1) is 15.7. The molecule has 25 heavy (non-hydrogen) atoms. The monoisotopic (exact) mass is 350 g/mol. The lowest BCUT2D eigenvalue weighted by atomic mass is 10.2. The molecular weight excluding hydrogens is 335 g/mol. The highest BCUT2D eigenvalue weighted by Crippen LogP contribution is 2.32. The third-order valence-electron chi connectivity index (χ3n) is 4.05. The van der Waals surface area contributed by atoms with Gasteiger partial charge in [0.05, 0.1) is 11.9 Å². The molecule has 0 aliphatic heterocycles. The van der Waals surface area contributed by atoms with Crippen molar-refractivity contribution in [1.82, 2.24) is 9.55 Å². The number of rotatable bonds is 4. The fraction of sp³-hybridized carbons (Fsp3) is 0.100. The third-order valence-corrected chi connectivity index (χ3v) is 5.13. The highest BCUT2D eigenvalue weighted by molar-refractivity contribution is 7.21. The van der Waals surface area contributed by atoms with Gasteiger partial charge >= 0.3 is 0 Å². The van der Waals surface area contributed by atoms with E-state index in [4.69, 9.17) is 0 Å². The minimum atomic E-state index is -0.609. The van der Waals surface area contributed by atoms with Crippen LogP contribution in [0.5, 0.6) is 0 Å². The lowest BCUT2D eigenvalue weighted by Crippen LogP contribution is -2.23. The molecule has 0 aliphatic carbocycles. The molecule has 0 spiro atoms. The molecule has 5 heteroatoms. The second kappa shape index (κ2) is 6.61. The average Bonchev–Trinajstić information content (AvgIpc) is 3.10. The molecule has 124 valence electrons. The van der Waals surface area contributed by atoms with Crippen molar-refractivity contribution in [1.29, 1.82) is 0 Å². The van der Waals surface area contributed by atoms with Crippen molar-refractivity contribution < 1.29 is 4.39 Å². The van der Waals surface area contributed by atoms with Crippen LogP contribution in [0.25, 0.3) is 32.0 Å². The predicted octanol–water partition coefficient (Wildman–Crippen LogP) is 4.76. The SMILES string of the molecule is O=c1c2cc(-c3ccccc3)sc2nc(-c2ccccc2)n1CCF. The summed E-state index contributed by atoms with van der Waals surface area (Å²) in [6.07, 6.45) is 0. The Morgan fingerprint density at radius 2 is 1.60 bits per heavy atom. The van der Waals surface area contributed by atoms with Crippen LogP contribution in [0.3, 0.4) is 0 Å². The van der Waals surface area contributed by atoms with Gasteiger partial charge < -0.3 is 0 Å². The number of alkyl halides is 1. The number of hydrogen-bond donors (Lipinski definition) is 0. The summed E-state index contributed by atoms with van der Waals surface area (Å²) in [5.74, 6) is 0.511. The Morgan fingerprint density at radius 3 is 2.24 bits per heavy atom. The second-order valence-corrected chi connectivity index (χ2v) is 6.67. The first-order valence-electron chi connectivity index (χ1n) is 7.99. The van der Waals surface area contributed by atoms with Gasteiger partial charge in [0, 0.05) is 10.4 Å². The van der Waals surface area contributed by atoms with E-state index < -0.39 is 6.67 Å². The molecule has 0 amide bonds. The summed E-state index contributed by atoms with van der Waals surface area (Å²) in [5, 5.41) is 0.539. The van der Waals surface area contributed by atoms with Crippen molar-refractivity contribution in [3.63, 3.8) is 0 Å². The van der Waals surface area contributed by atoms with E-state index in [-0.39, 0.29) is 12.1 Å². The maximum Gasteiger partial charge on any atom is 0.262 e. The summed E-state index contributed by atoms with van der Waals surface area (Å²) in [7, 11) is 0. The molecule has 0 unspecified atom stereocenters. The lowest BCUT2D eigenvalue weighted by molar-refractivity contribution is 0.441. The van der Waals surface area contributed by atoms with Crippen molar-refractivity contribution in [2.45, 2.75) is 6.54 Å². The fourth-order valence-electron chi connectivity index (χ4n) is 2.86. The number of hydrogen-bond acceptors (Lipinski definition) is 3. The summed E-state index contributed by atoms with van der Waals surface area (Å²) < 4.78 is 14.5. The molecule has 0 bridgehead atoms. The van der Waals surface area contributed by atoms with Gasteiger partial charge in [0.25, 0.3) is 5.56 Å². The number of fused-ring (bicyclic) bond motifs is 1. The minimum Gasteiger partial charge on any atom is -0.289 e. The number of benzene rings is 2. The van der Waals surface area contributed by atoms with Gasteiger partial charge in [-0.25, -0.2) is 9.37 Å². The zero-order chi connectivity index (χ0) is 17.2. The Balaban J connectivity index is 1.97. The summed E-state index contributed by atoms with van der Waals surface area (Å²) in [6, 6.07) is 21.2. The van der Waals surface area contributed by atoms with E-state index in [0.29, 0.717) is 16.0 Å². The van der Waals surface area contributed by atoms with Gasteiger partial charge in [0.1, 0.15) is 17.3 Å². The first-order valence-corrected chi connectivity index (χ1v) is 8.81. The van der Waals surface area contributed by atoms with Crippen LogP contribution in [-0.4, -0.2) is 16.2 Å². The molecule has 0 atom stereocenters. The molecule has 4 rings (SSSR count). The van der Waals surface area contributed by atoms with Crippen LogP contribution in [0.1, 0.15) is 0 Å². The van der Waals surface area contributed by atoms with Crippen LogP contribution in [0.15, 0.2) is 71.5 Å². The summed E-state index contributed by atoms with van der Waals surface area (Å²) in [5.41, 5.74) is 1.66. The third kappa shape index (κ3) is 2.87. The molecule has 0 N–H and O–H groups in total. The Morgan fingerprint density at radius 1 is 0.960 bits per heavy atom. The highest BCUT2D eigenvalue weighted by Gasteiger charge is 2.15. The van der Waals surface area contributed by atoms with E-state index >= 15 is 0 Å². The van der Waals surface area contributed by atoms with Crippen LogP contribution < -0.4 is 5.56 Å². The van der Waals surface area contributed by atoms with E-state index in [1.165, 1.54) is 15.9 Å². The van der Waals surface area contributed by atoms with Gasteiger partial charge in [-0.2, -0.15) is 0 Å². The molecule has 2 aromatic heterocycles. The Kier molecular flexibility index (Phi) is 4.15. The van der Waals surface area contributed by atoms with Crippen LogP contribution in [-0.2, 0) is 6.54 Å². The lowest BCUT2D eigenvalue weighted by Gasteiger charge is -2.10. The molecule has 2 heterocycles. The van der Waals surface area contributed by atoms with Crippen molar-refractivity contribution in [2.75, 3.05) is 6.67 Å². The maximum atomic E-state index is 13.0. The van der Waals surface area contributed by atoms with Crippen molar-refractivity contribution in [2.24, 2.45) is 0 Å². The van der Waals surface area contributed by atoms with Crippen LogP contribution in [0.2, 0.25) is 0 Å². The molecular formula is C20H15FN2OS. The van der Waals surface area contributed by atoms with Crippen LogP contribution in [0, 0.1) is 0 Å². The number of halogens is 1. The maximum absolute atomic E-state index is 13.0. The van der Waals surface area contributed by atoms with Gasteiger partial charge in [-0.15, -0.1) is 11.3 Å². The van der Waals surface area contributed by atoms with E-state index in [0.717, 1.165) is 16.0 Å². The van der Waals surface area contributed by atoms with Crippen molar-refractivity contribution >= 4 is 21.6 Å². The standard InChI is InChI=1S/C20H15FN2OS/c21-11-12-23-18(15-9-5-2-6-10-15)22-19-16(20(23)24)13-17(25-19)14-7-3-1-4-8-14/h1-10,13H,11-12H2. The summed E-state index contributed by atoms with van der Waals surface area (Å²) in [6.45, 7) is -0.606. The molecule has 4 aromatic rings. The Labute approximate surface area is 148 Å². The number of aromatic nitrogens is 2. The van der Waals surface area contributed by atoms with E-state index in [9.17, 15) is 9.18 Å². The van der Waals surface area contributed by atoms with Crippen LogP contribution >= 0.6 is 11.3 Å². The van der Waals surface area contributed by atoms with Gasteiger partial charge in [-0.05, 0) is 11.6 Å². The smallest absolute Gasteiger partial charge is 0.262 e. The largest absolute Gasteiger partial charge is 0.289 e. The predicted molar refractivity (Wildman–Crippen MR) is 101 cm³/mol. The number of nitrogens with zero attached hydrogens (tertiary/aromatic N) is 2. The van der Waals surface area contributed by atoms with Crippen molar-refractivity contribution in [3.8, 4) is 21.8 Å². The molecule has 0 aliphatic rings. The second-order valence-electron chi connectivity index (χ2n) is 5.64. The average molecular weight is 350 g/mol. The number of thiophene rings is 1. The quantitative estimate of drug-likeness (QED) is 0.532. The van der Waals surface area contributed by atoms with Crippen LogP contribution in [0.4, 0.5) is 4.39 Å². The van der Waals surface area contributed by atoms with E-state index in [2.05, 4.69) is 4.98 Å². The Hall–Kier alpha value is -2.79. The highest BCUT2D eigenvalue weighted by atomic mass is 32.1. The first-order chi connectivity index (χ1) is 12.3. The minimum absolute atomic E-state index is 0.00250. The van der Waals surface area contributed by atoms with E-state index in [1.54, 1.807) is 0 Å². The fourth-order valence-corrected chi connectivity index (χ4v) is 3.89. The molecule has 0 radical (unpaired) electrons. The van der Waals surface area contributed by atoms with Gasteiger partial charge in [0.15, 0.2) is 0 Å². The molecule has 0 saturated carbocycles.